The van der Waals surface area contributed by atoms with Gasteiger partial charge in [-0.05, 0) is 55.6 Å². The Bertz CT molecular complexity index is 435. The minimum absolute atomic E-state index is 0.376. The summed E-state index contributed by atoms with van der Waals surface area (Å²) < 4.78 is 0. The maximum absolute atomic E-state index is 10.7. The molecular formula is C17H20O2. The van der Waals surface area contributed by atoms with Crippen LogP contribution in [0.3, 0.4) is 0 Å². The lowest BCUT2D eigenvalue weighted by molar-refractivity contribution is -0.109. The largest absolute Gasteiger partial charge is 0.377 e. The predicted octanol–water partition coefficient (Wildman–Crippen LogP) is 2.80. The van der Waals surface area contributed by atoms with Crippen molar-refractivity contribution in [1.29, 1.82) is 0 Å². The Morgan fingerprint density at radius 2 is 1.89 bits per heavy atom. The third-order valence-corrected chi connectivity index (χ3v) is 2.25. The molecule has 0 saturated heterocycles. The molecule has 0 fully saturated rings. The Morgan fingerprint density at radius 3 is 2.58 bits per heavy atom. The summed E-state index contributed by atoms with van der Waals surface area (Å²) in [5.41, 5.74) is 0. The highest BCUT2D eigenvalue weighted by Gasteiger charge is 1.90. The van der Waals surface area contributed by atoms with Crippen molar-refractivity contribution in [2.45, 2.75) is 38.2 Å². The molecule has 0 aromatic rings. The lowest BCUT2D eigenvalue weighted by Gasteiger charge is -1.95. The number of rotatable bonds is 8. The Hall–Kier alpha value is -2.03. The second-order valence-corrected chi connectivity index (χ2v) is 3.89. The van der Waals surface area contributed by atoms with Gasteiger partial charge in [-0.3, -0.25) is 4.79 Å². The molecule has 0 unspecified atom stereocenters. The molecule has 0 aliphatic rings. The molecule has 0 bridgehead atoms. The third-order valence-electron chi connectivity index (χ3n) is 2.25. The minimum Gasteiger partial charge on any atom is -0.377 e. The number of aliphatic hydroxyl groups excluding tert-OH is 1. The number of allylic oxidation sites excluding steroid dienone is 3. The summed E-state index contributed by atoms with van der Waals surface area (Å²) in [5, 5.41) is 9.47. The van der Waals surface area contributed by atoms with Crippen molar-refractivity contribution in [3.63, 3.8) is 0 Å². The van der Waals surface area contributed by atoms with Gasteiger partial charge >= 0.3 is 0 Å². The van der Waals surface area contributed by atoms with Crippen molar-refractivity contribution in [2.24, 2.45) is 0 Å². The van der Waals surface area contributed by atoms with Gasteiger partial charge in [0, 0.05) is 0 Å². The van der Waals surface area contributed by atoms with E-state index in [0.29, 0.717) is 0 Å². The van der Waals surface area contributed by atoms with Crippen LogP contribution in [0, 0.1) is 23.7 Å². The summed E-state index contributed by atoms with van der Waals surface area (Å²) in [6.45, 7) is 6.95. The van der Waals surface area contributed by atoms with Crippen LogP contribution in [0.2, 0.25) is 0 Å². The van der Waals surface area contributed by atoms with Gasteiger partial charge in [-0.2, -0.15) is 0 Å². The molecule has 0 radical (unpaired) electrons. The topological polar surface area (TPSA) is 37.3 Å². The standard InChI is InChI=1S/C17H20O2/c1-3-5-6-7-8-9-10-14-17(19)15-12-11-13-16(18)4-2/h3-4,10,14,17,19H,1-2,5-9H2/b14-10+/t17-/m0/s1. The summed E-state index contributed by atoms with van der Waals surface area (Å²) in [5.74, 6) is 9.19. The first-order valence-electron chi connectivity index (χ1n) is 6.34. The molecule has 0 heterocycles. The molecule has 2 heteroatoms. The van der Waals surface area contributed by atoms with E-state index < -0.39 is 6.10 Å². The molecule has 0 aromatic heterocycles. The summed E-state index contributed by atoms with van der Waals surface area (Å²) in [6.07, 6.45) is 11.2. The van der Waals surface area contributed by atoms with Gasteiger partial charge in [-0.1, -0.05) is 31.1 Å². The van der Waals surface area contributed by atoms with E-state index in [1.54, 1.807) is 6.08 Å². The Morgan fingerprint density at radius 1 is 1.16 bits per heavy atom. The quantitative estimate of drug-likeness (QED) is 0.238. The first kappa shape index (κ1) is 17.0. The first-order chi connectivity index (χ1) is 9.20. The Kier molecular flexibility index (Phi) is 11.1. The summed E-state index contributed by atoms with van der Waals surface area (Å²) in [7, 11) is 0. The predicted molar refractivity (Wildman–Crippen MR) is 79.2 cm³/mol. The fraction of sp³-hybridized carbons (Fsp3) is 0.353. The van der Waals surface area contributed by atoms with Gasteiger partial charge in [0.15, 0.2) is 0 Å². The number of ketones is 1. The molecule has 0 saturated carbocycles. The van der Waals surface area contributed by atoms with Gasteiger partial charge in [-0.25, -0.2) is 0 Å². The number of aliphatic hydroxyl groups is 1. The molecular weight excluding hydrogens is 236 g/mol. The fourth-order valence-electron chi connectivity index (χ4n) is 1.25. The number of carbonyl (C=O) groups excluding carboxylic acids is 1. The lowest BCUT2D eigenvalue weighted by atomic mass is 10.1. The third kappa shape index (κ3) is 12.2. The van der Waals surface area contributed by atoms with Crippen LogP contribution in [0.15, 0.2) is 37.5 Å². The van der Waals surface area contributed by atoms with Crippen LogP contribution in [0.1, 0.15) is 32.1 Å². The summed E-state index contributed by atoms with van der Waals surface area (Å²) in [6, 6.07) is 0. The second-order valence-electron chi connectivity index (χ2n) is 3.89. The zero-order valence-corrected chi connectivity index (χ0v) is 11.2. The molecule has 2 nitrogen and oxygen atoms in total. The lowest BCUT2D eigenvalue weighted by Crippen LogP contribution is -1.96. The summed E-state index contributed by atoms with van der Waals surface area (Å²) in [4.78, 5) is 10.7. The molecule has 0 amide bonds. The van der Waals surface area contributed by atoms with Crippen LogP contribution in [-0.4, -0.2) is 17.0 Å². The van der Waals surface area contributed by atoms with Crippen LogP contribution >= 0.6 is 0 Å². The maximum atomic E-state index is 10.7. The van der Waals surface area contributed by atoms with Gasteiger partial charge in [0.1, 0.15) is 6.10 Å². The average molecular weight is 256 g/mol. The zero-order chi connectivity index (χ0) is 14.3. The van der Waals surface area contributed by atoms with Gasteiger partial charge in [0.25, 0.3) is 0 Å². The van der Waals surface area contributed by atoms with E-state index in [2.05, 4.69) is 36.8 Å². The minimum atomic E-state index is -0.832. The molecule has 0 aliphatic carbocycles. The van der Waals surface area contributed by atoms with E-state index in [-0.39, 0.29) is 5.78 Å². The van der Waals surface area contributed by atoms with Gasteiger partial charge < -0.3 is 5.11 Å². The van der Waals surface area contributed by atoms with Gasteiger partial charge in [0.2, 0.25) is 5.78 Å². The number of carbonyl (C=O) groups is 1. The molecule has 1 atom stereocenters. The Labute approximate surface area is 115 Å². The SMILES string of the molecule is C=CCCCCC/C=C/[C@H](O)C#CC#CC(=O)C=C. The van der Waals surface area contributed by atoms with Crippen LogP contribution in [0.25, 0.3) is 0 Å². The van der Waals surface area contributed by atoms with E-state index in [4.69, 9.17) is 0 Å². The molecule has 0 aliphatic heterocycles. The van der Waals surface area contributed by atoms with E-state index in [1.807, 2.05) is 12.2 Å². The molecule has 100 valence electrons. The van der Waals surface area contributed by atoms with Crippen molar-refractivity contribution < 1.29 is 9.90 Å². The zero-order valence-electron chi connectivity index (χ0n) is 11.2. The smallest absolute Gasteiger partial charge is 0.229 e. The summed E-state index contributed by atoms with van der Waals surface area (Å²) >= 11 is 0. The number of hydrogen-bond acceptors (Lipinski definition) is 2. The van der Waals surface area contributed by atoms with E-state index in [0.717, 1.165) is 38.2 Å². The normalized spacial score (nSPS) is 10.8. The molecule has 0 spiro atoms. The van der Waals surface area contributed by atoms with Crippen LogP contribution < -0.4 is 0 Å². The van der Waals surface area contributed by atoms with Crippen molar-refractivity contribution in [3.8, 4) is 23.7 Å². The average Bonchev–Trinajstić information content (AvgIpc) is 2.42. The number of hydrogen-bond donors (Lipinski definition) is 1. The Balaban J connectivity index is 3.84. The van der Waals surface area contributed by atoms with Gasteiger partial charge in [-0.15, -0.1) is 6.58 Å². The highest BCUT2D eigenvalue weighted by molar-refractivity contribution is 6.04. The fourth-order valence-corrected chi connectivity index (χ4v) is 1.25. The van der Waals surface area contributed by atoms with Crippen LogP contribution in [0.5, 0.6) is 0 Å². The molecule has 19 heavy (non-hydrogen) atoms. The second kappa shape index (κ2) is 12.4. The van der Waals surface area contributed by atoms with Crippen LogP contribution in [-0.2, 0) is 4.79 Å². The molecule has 0 rings (SSSR count). The van der Waals surface area contributed by atoms with E-state index >= 15 is 0 Å². The molecule has 0 aromatic carbocycles. The molecule has 1 N–H and O–H groups in total. The maximum Gasteiger partial charge on any atom is 0.229 e. The highest BCUT2D eigenvalue weighted by Crippen LogP contribution is 2.04. The van der Waals surface area contributed by atoms with Crippen molar-refractivity contribution >= 4 is 5.78 Å². The first-order valence-corrected chi connectivity index (χ1v) is 6.34. The van der Waals surface area contributed by atoms with Crippen molar-refractivity contribution in [1.82, 2.24) is 0 Å². The van der Waals surface area contributed by atoms with E-state index in [9.17, 15) is 9.90 Å². The van der Waals surface area contributed by atoms with Gasteiger partial charge in [0.05, 0.1) is 0 Å². The van der Waals surface area contributed by atoms with Crippen molar-refractivity contribution in [2.75, 3.05) is 0 Å². The van der Waals surface area contributed by atoms with Crippen LogP contribution in [0.4, 0.5) is 0 Å². The van der Waals surface area contributed by atoms with E-state index in [1.165, 1.54) is 0 Å². The monoisotopic (exact) mass is 256 g/mol. The van der Waals surface area contributed by atoms with Crippen molar-refractivity contribution in [3.05, 3.63) is 37.5 Å². The number of unbranched alkanes of at least 4 members (excludes halogenated alkanes) is 4. The highest BCUT2D eigenvalue weighted by atomic mass is 16.3.